The number of rotatable bonds is 3. The van der Waals surface area contributed by atoms with Crippen molar-refractivity contribution in [2.75, 3.05) is 14.2 Å². The maximum atomic E-state index is 5.29. The molecule has 0 amide bonds. The first-order valence-corrected chi connectivity index (χ1v) is 6.02. The van der Waals surface area contributed by atoms with Crippen LogP contribution in [-0.4, -0.2) is 19.2 Å². The Hall–Kier alpha value is -1.42. The summed E-state index contributed by atoms with van der Waals surface area (Å²) >= 11 is 3.43. The largest absolute Gasteiger partial charge is 0.493 e. The Morgan fingerprint density at radius 1 is 1.06 bits per heavy atom. The molecule has 0 saturated heterocycles. The van der Waals surface area contributed by atoms with Crippen LogP contribution in [0.4, 0.5) is 0 Å². The summed E-state index contributed by atoms with van der Waals surface area (Å²) in [7, 11) is 3.27. The lowest BCUT2D eigenvalue weighted by molar-refractivity contribution is 0.355. The minimum absolute atomic E-state index is 0.732. The summed E-state index contributed by atoms with van der Waals surface area (Å²) in [5, 5.41) is 0. The molecule has 1 aromatic heterocycles. The van der Waals surface area contributed by atoms with Crippen molar-refractivity contribution >= 4 is 15.9 Å². The minimum Gasteiger partial charge on any atom is -0.493 e. The first kappa shape index (κ1) is 12.0. The number of aromatic nitrogens is 1. The summed E-state index contributed by atoms with van der Waals surface area (Å²) in [6.45, 7) is 2.06. The van der Waals surface area contributed by atoms with Crippen LogP contribution in [0.3, 0.4) is 0 Å². The number of aryl methyl sites for hydroxylation is 1. The molecule has 90 valence electrons. The van der Waals surface area contributed by atoms with Crippen molar-refractivity contribution in [2.45, 2.75) is 6.92 Å². The third-order valence-corrected chi connectivity index (χ3v) is 3.08. The smallest absolute Gasteiger partial charge is 0.161 e. The van der Waals surface area contributed by atoms with Crippen LogP contribution in [0.25, 0.3) is 11.3 Å². The van der Waals surface area contributed by atoms with Gasteiger partial charge < -0.3 is 14.5 Å². The molecule has 2 aromatic rings. The summed E-state index contributed by atoms with van der Waals surface area (Å²) < 4.78 is 11.5. The highest BCUT2D eigenvalue weighted by Gasteiger charge is 2.09. The molecule has 0 aliphatic carbocycles. The maximum Gasteiger partial charge on any atom is 0.161 e. The van der Waals surface area contributed by atoms with Gasteiger partial charge in [0.05, 0.1) is 18.8 Å². The molecule has 4 heteroatoms. The molecule has 0 fully saturated rings. The van der Waals surface area contributed by atoms with Gasteiger partial charge in [0, 0.05) is 11.3 Å². The Labute approximate surface area is 109 Å². The van der Waals surface area contributed by atoms with Crippen LogP contribution in [0, 0.1) is 6.92 Å². The SMILES string of the molecule is COc1ccc(-c2[nH]c(Br)cc2C)cc1OC. The zero-order valence-electron chi connectivity index (χ0n) is 10.0. The van der Waals surface area contributed by atoms with E-state index in [1.165, 1.54) is 5.56 Å². The minimum atomic E-state index is 0.732. The molecule has 1 aromatic carbocycles. The van der Waals surface area contributed by atoms with Crippen molar-refractivity contribution in [1.29, 1.82) is 0 Å². The number of H-pyrrole nitrogens is 1. The van der Waals surface area contributed by atoms with E-state index in [2.05, 4.69) is 27.8 Å². The van der Waals surface area contributed by atoms with Gasteiger partial charge in [-0.15, -0.1) is 0 Å². The van der Waals surface area contributed by atoms with Gasteiger partial charge in [0.25, 0.3) is 0 Å². The van der Waals surface area contributed by atoms with Gasteiger partial charge in [-0.2, -0.15) is 0 Å². The first-order chi connectivity index (χ1) is 8.15. The molecule has 1 heterocycles. The molecule has 0 spiro atoms. The Kier molecular flexibility index (Phi) is 3.43. The van der Waals surface area contributed by atoms with Gasteiger partial charge in [-0.05, 0) is 52.7 Å². The number of nitrogens with one attached hydrogen (secondary N) is 1. The maximum absolute atomic E-state index is 5.29. The molecule has 0 saturated carbocycles. The van der Waals surface area contributed by atoms with E-state index in [4.69, 9.17) is 9.47 Å². The molecule has 0 aliphatic rings. The summed E-state index contributed by atoms with van der Waals surface area (Å²) in [6.07, 6.45) is 0. The van der Waals surface area contributed by atoms with Crippen molar-refractivity contribution in [3.8, 4) is 22.8 Å². The number of aromatic amines is 1. The lowest BCUT2D eigenvalue weighted by Gasteiger charge is -2.09. The van der Waals surface area contributed by atoms with Gasteiger partial charge in [0.15, 0.2) is 11.5 Å². The van der Waals surface area contributed by atoms with Gasteiger partial charge in [0.1, 0.15) is 0 Å². The van der Waals surface area contributed by atoms with Crippen LogP contribution in [0.2, 0.25) is 0 Å². The Balaban J connectivity index is 2.50. The number of hydrogen-bond donors (Lipinski definition) is 1. The average molecular weight is 296 g/mol. The standard InChI is InChI=1S/C13H14BrNO2/c1-8-6-12(14)15-13(8)9-4-5-10(16-2)11(7-9)17-3/h4-7,15H,1-3H3. The Morgan fingerprint density at radius 2 is 1.76 bits per heavy atom. The third kappa shape index (κ3) is 2.31. The molecule has 0 aliphatic heterocycles. The van der Waals surface area contributed by atoms with E-state index in [1.54, 1.807) is 14.2 Å². The molecular weight excluding hydrogens is 282 g/mol. The van der Waals surface area contributed by atoms with E-state index in [9.17, 15) is 0 Å². The molecule has 0 unspecified atom stereocenters. The predicted molar refractivity (Wildman–Crippen MR) is 71.8 cm³/mol. The zero-order valence-corrected chi connectivity index (χ0v) is 11.6. The second kappa shape index (κ2) is 4.84. The van der Waals surface area contributed by atoms with Crippen LogP contribution in [0.5, 0.6) is 11.5 Å². The number of hydrogen-bond acceptors (Lipinski definition) is 2. The van der Waals surface area contributed by atoms with Gasteiger partial charge in [-0.25, -0.2) is 0 Å². The lowest BCUT2D eigenvalue weighted by atomic mass is 10.1. The number of methoxy groups -OCH3 is 2. The lowest BCUT2D eigenvalue weighted by Crippen LogP contribution is -1.91. The average Bonchev–Trinajstić information content (AvgIpc) is 2.67. The van der Waals surface area contributed by atoms with Crippen molar-refractivity contribution in [2.24, 2.45) is 0 Å². The summed E-state index contributed by atoms with van der Waals surface area (Å²) in [5.74, 6) is 1.47. The number of benzene rings is 1. The van der Waals surface area contributed by atoms with E-state index in [-0.39, 0.29) is 0 Å². The van der Waals surface area contributed by atoms with Crippen molar-refractivity contribution < 1.29 is 9.47 Å². The third-order valence-electron chi connectivity index (χ3n) is 2.65. The van der Waals surface area contributed by atoms with Crippen LogP contribution in [0.1, 0.15) is 5.56 Å². The highest BCUT2D eigenvalue weighted by Crippen LogP contribution is 2.33. The molecule has 0 bridgehead atoms. The second-order valence-electron chi connectivity index (χ2n) is 3.75. The topological polar surface area (TPSA) is 34.2 Å². The molecule has 0 atom stereocenters. The predicted octanol–water partition coefficient (Wildman–Crippen LogP) is 3.77. The molecule has 0 radical (unpaired) electrons. The summed E-state index contributed by atoms with van der Waals surface area (Å²) in [6, 6.07) is 7.92. The van der Waals surface area contributed by atoms with Gasteiger partial charge >= 0.3 is 0 Å². The highest BCUT2D eigenvalue weighted by molar-refractivity contribution is 9.10. The normalized spacial score (nSPS) is 10.4. The van der Waals surface area contributed by atoms with Crippen molar-refractivity contribution in [3.63, 3.8) is 0 Å². The van der Waals surface area contributed by atoms with Crippen LogP contribution < -0.4 is 9.47 Å². The fourth-order valence-corrected chi connectivity index (χ4v) is 2.35. The fraction of sp³-hybridized carbons (Fsp3) is 0.231. The van der Waals surface area contributed by atoms with E-state index < -0.39 is 0 Å². The highest BCUT2D eigenvalue weighted by atomic mass is 79.9. The Morgan fingerprint density at radius 3 is 2.29 bits per heavy atom. The first-order valence-electron chi connectivity index (χ1n) is 5.23. The molecule has 2 rings (SSSR count). The van der Waals surface area contributed by atoms with E-state index in [0.717, 1.165) is 27.4 Å². The summed E-state index contributed by atoms with van der Waals surface area (Å²) in [5.41, 5.74) is 3.34. The molecule has 17 heavy (non-hydrogen) atoms. The van der Waals surface area contributed by atoms with E-state index >= 15 is 0 Å². The monoisotopic (exact) mass is 295 g/mol. The van der Waals surface area contributed by atoms with Gasteiger partial charge in [-0.3, -0.25) is 0 Å². The van der Waals surface area contributed by atoms with Gasteiger partial charge in [-0.1, -0.05) is 0 Å². The molecule has 1 N–H and O–H groups in total. The molecule has 3 nitrogen and oxygen atoms in total. The number of ether oxygens (including phenoxy) is 2. The van der Waals surface area contributed by atoms with Gasteiger partial charge in [0.2, 0.25) is 0 Å². The van der Waals surface area contributed by atoms with Crippen LogP contribution in [0.15, 0.2) is 28.9 Å². The summed E-state index contributed by atoms with van der Waals surface area (Å²) in [4.78, 5) is 3.27. The van der Waals surface area contributed by atoms with Crippen LogP contribution >= 0.6 is 15.9 Å². The van der Waals surface area contributed by atoms with E-state index in [1.807, 2.05) is 24.3 Å². The molecular formula is C13H14BrNO2. The zero-order chi connectivity index (χ0) is 12.4. The van der Waals surface area contributed by atoms with Crippen molar-refractivity contribution in [3.05, 3.63) is 34.4 Å². The number of halogens is 1. The van der Waals surface area contributed by atoms with Crippen molar-refractivity contribution in [1.82, 2.24) is 4.98 Å². The quantitative estimate of drug-likeness (QED) is 0.935. The van der Waals surface area contributed by atoms with Crippen LogP contribution in [-0.2, 0) is 0 Å². The van der Waals surface area contributed by atoms with E-state index in [0.29, 0.717) is 0 Å². The Bertz CT molecular complexity index is 534. The second-order valence-corrected chi connectivity index (χ2v) is 4.60. The fourth-order valence-electron chi connectivity index (χ4n) is 1.81.